The minimum atomic E-state index is -0.704. The Labute approximate surface area is 91.9 Å². The molecule has 0 atom stereocenters. The number of hydrogen-bond donors (Lipinski definition) is 1. The second-order valence-electron chi connectivity index (χ2n) is 2.67. The van der Waals surface area contributed by atoms with E-state index in [2.05, 4.69) is 10.2 Å². The second kappa shape index (κ2) is 3.70. The fourth-order valence-corrected chi connectivity index (χ4v) is 1.62. The molecule has 0 bridgehead atoms. The standard InChI is InChI=1S/C7H4N4O4S/c8-5(12)7-10-9-6(16-7)3-1-2-4(15-3)11(13)14/h1-2H,(H2,8,12). The molecule has 82 valence electrons. The molecule has 1 amide bonds. The maximum Gasteiger partial charge on any atom is 0.433 e. The van der Waals surface area contributed by atoms with Gasteiger partial charge < -0.3 is 10.2 Å². The van der Waals surface area contributed by atoms with Crippen molar-refractivity contribution in [3.8, 4) is 10.8 Å². The molecular formula is C7H4N4O4S. The van der Waals surface area contributed by atoms with E-state index in [-0.39, 0.29) is 15.8 Å². The summed E-state index contributed by atoms with van der Waals surface area (Å²) < 4.78 is 4.88. The third kappa shape index (κ3) is 1.75. The van der Waals surface area contributed by atoms with Crippen LogP contribution < -0.4 is 5.73 Å². The summed E-state index contributed by atoms with van der Waals surface area (Å²) in [4.78, 5) is 20.4. The summed E-state index contributed by atoms with van der Waals surface area (Å²) in [7, 11) is 0. The zero-order valence-electron chi connectivity index (χ0n) is 7.61. The number of nitrogens with zero attached hydrogens (tertiary/aromatic N) is 3. The quantitative estimate of drug-likeness (QED) is 0.624. The van der Waals surface area contributed by atoms with Gasteiger partial charge in [-0.2, -0.15) is 0 Å². The zero-order valence-corrected chi connectivity index (χ0v) is 8.43. The van der Waals surface area contributed by atoms with Crippen molar-refractivity contribution in [3.05, 3.63) is 27.3 Å². The molecule has 2 heterocycles. The van der Waals surface area contributed by atoms with Gasteiger partial charge in [0.2, 0.25) is 5.01 Å². The van der Waals surface area contributed by atoms with Crippen molar-refractivity contribution in [2.24, 2.45) is 5.73 Å². The molecule has 16 heavy (non-hydrogen) atoms. The first kappa shape index (κ1) is 10.2. The van der Waals surface area contributed by atoms with Gasteiger partial charge in [-0.05, 0) is 6.07 Å². The van der Waals surface area contributed by atoms with Gasteiger partial charge >= 0.3 is 5.88 Å². The van der Waals surface area contributed by atoms with E-state index in [0.717, 1.165) is 11.3 Å². The Balaban J connectivity index is 2.35. The average molecular weight is 240 g/mol. The number of nitrogens with two attached hydrogens (primary N) is 1. The van der Waals surface area contributed by atoms with Gasteiger partial charge in [0.15, 0.2) is 10.8 Å². The lowest BCUT2D eigenvalue weighted by atomic mass is 10.5. The van der Waals surface area contributed by atoms with Crippen molar-refractivity contribution >= 4 is 23.1 Å². The van der Waals surface area contributed by atoms with Crippen molar-refractivity contribution < 1.29 is 14.1 Å². The molecule has 0 saturated heterocycles. The normalized spacial score (nSPS) is 10.2. The number of rotatable bonds is 3. The second-order valence-corrected chi connectivity index (χ2v) is 3.65. The third-order valence-corrected chi connectivity index (χ3v) is 2.57. The predicted octanol–water partition coefficient (Wildman–Crippen LogP) is 0.805. The summed E-state index contributed by atoms with van der Waals surface area (Å²) >= 11 is 0.906. The lowest BCUT2D eigenvalue weighted by molar-refractivity contribution is -0.401. The van der Waals surface area contributed by atoms with Crippen LogP contribution in [0.4, 0.5) is 5.88 Å². The van der Waals surface area contributed by atoms with E-state index in [1.807, 2.05) is 0 Å². The Hall–Kier alpha value is -2.29. The van der Waals surface area contributed by atoms with E-state index < -0.39 is 16.7 Å². The number of hydrogen-bond acceptors (Lipinski definition) is 7. The summed E-state index contributed by atoms with van der Waals surface area (Å²) in [6.45, 7) is 0. The summed E-state index contributed by atoms with van der Waals surface area (Å²) in [6.07, 6.45) is 0. The van der Waals surface area contributed by atoms with E-state index >= 15 is 0 Å². The highest BCUT2D eigenvalue weighted by molar-refractivity contribution is 7.16. The molecule has 0 aromatic carbocycles. The Morgan fingerprint density at radius 1 is 1.50 bits per heavy atom. The maximum atomic E-state index is 10.8. The molecule has 0 saturated carbocycles. The van der Waals surface area contributed by atoms with Gasteiger partial charge in [0.1, 0.15) is 4.92 Å². The van der Waals surface area contributed by atoms with Gasteiger partial charge in [-0.15, -0.1) is 10.2 Å². The van der Waals surface area contributed by atoms with Crippen molar-refractivity contribution in [1.29, 1.82) is 0 Å². The monoisotopic (exact) mass is 240 g/mol. The Kier molecular flexibility index (Phi) is 2.37. The number of nitro groups is 1. The molecule has 0 fully saturated rings. The van der Waals surface area contributed by atoms with Gasteiger partial charge in [0.05, 0.1) is 6.07 Å². The molecule has 9 heteroatoms. The molecule has 0 spiro atoms. The summed E-state index contributed by atoms with van der Waals surface area (Å²) in [5.41, 5.74) is 4.99. The smallest absolute Gasteiger partial charge is 0.398 e. The van der Waals surface area contributed by atoms with Crippen LogP contribution in [0.15, 0.2) is 16.5 Å². The van der Waals surface area contributed by atoms with E-state index in [0.29, 0.717) is 0 Å². The van der Waals surface area contributed by atoms with Crippen LogP contribution in [0.25, 0.3) is 10.8 Å². The zero-order chi connectivity index (χ0) is 11.7. The number of carbonyl (C=O) groups is 1. The SMILES string of the molecule is NC(=O)c1nnc(-c2ccc([N+](=O)[O-])o2)s1. The van der Waals surface area contributed by atoms with E-state index in [9.17, 15) is 14.9 Å². The van der Waals surface area contributed by atoms with Crippen LogP contribution in [0.3, 0.4) is 0 Å². The van der Waals surface area contributed by atoms with Gasteiger partial charge in [-0.3, -0.25) is 14.9 Å². The first-order valence-corrected chi connectivity index (χ1v) is 4.77. The van der Waals surface area contributed by atoms with E-state index in [4.69, 9.17) is 10.2 Å². The fraction of sp³-hybridized carbons (Fsp3) is 0. The van der Waals surface area contributed by atoms with E-state index in [1.165, 1.54) is 12.1 Å². The van der Waals surface area contributed by atoms with Crippen LogP contribution >= 0.6 is 11.3 Å². The van der Waals surface area contributed by atoms with Crippen molar-refractivity contribution in [2.45, 2.75) is 0 Å². The molecule has 2 aromatic rings. The maximum absolute atomic E-state index is 10.8. The Morgan fingerprint density at radius 2 is 2.25 bits per heavy atom. The van der Waals surface area contributed by atoms with Crippen molar-refractivity contribution in [2.75, 3.05) is 0 Å². The van der Waals surface area contributed by atoms with Gasteiger partial charge in [-0.25, -0.2) is 0 Å². The number of amides is 1. The number of carbonyl (C=O) groups excluding carboxylic acids is 1. The Morgan fingerprint density at radius 3 is 2.75 bits per heavy atom. The van der Waals surface area contributed by atoms with Crippen LogP contribution in [0, 0.1) is 10.1 Å². The van der Waals surface area contributed by atoms with E-state index in [1.54, 1.807) is 0 Å². The van der Waals surface area contributed by atoms with Gasteiger partial charge in [0, 0.05) is 0 Å². The molecule has 2 rings (SSSR count). The van der Waals surface area contributed by atoms with Gasteiger partial charge in [-0.1, -0.05) is 11.3 Å². The highest BCUT2D eigenvalue weighted by atomic mass is 32.1. The largest absolute Gasteiger partial charge is 0.433 e. The topological polar surface area (TPSA) is 125 Å². The molecule has 8 nitrogen and oxygen atoms in total. The summed E-state index contributed by atoms with van der Waals surface area (Å²) in [5, 5.41) is 17.8. The number of aromatic nitrogens is 2. The third-order valence-electron chi connectivity index (χ3n) is 1.62. The van der Waals surface area contributed by atoms with Crippen LogP contribution in [-0.4, -0.2) is 21.0 Å². The molecule has 0 aliphatic rings. The minimum absolute atomic E-state index is 0.0223. The average Bonchev–Trinajstić information content (AvgIpc) is 2.86. The molecule has 0 aliphatic carbocycles. The van der Waals surface area contributed by atoms with Crippen molar-refractivity contribution in [3.63, 3.8) is 0 Å². The first-order chi connectivity index (χ1) is 7.58. The number of furan rings is 1. The van der Waals surface area contributed by atoms with Crippen LogP contribution in [0.2, 0.25) is 0 Å². The molecular weight excluding hydrogens is 236 g/mol. The molecule has 2 N–H and O–H groups in total. The lowest BCUT2D eigenvalue weighted by Crippen LogP contribution is -2.10. The van der Waals surface area contributed by atoms with Crippen LogP contribution in [0.1, 0.15) is 9.80 Å². The predicted molar refractivity (Wildman–Crippen MR) is 52.8 cm³/mol. The van der Waals surface area contributed by atoms with Crippen LogP contribution in [0.5, 0.6) is 0 Å². The molecule has 0 unspecified atom stereocenters. The number of primary amides is 1. The molecule has 0 radical (unpaired) electrons. The Bertz CT molecular complexity index is 510. The van der Waals surface area contributed by atoms with Gasteiger partial charge in [0.25, 0.3) is 5.91 Å². The molecule has 0 aliphatic heterocycles. The first-order valence-electron chi connectivity index (χ1n) is 3.96. The highest BCUT2D eigenvalue weighted by Gasteiger charge is 2.17. The lowest BCUT2D eigenvalue weighted by Gasteiger charge is -1.84. The summed E-state index contributed by atoms with van der Waals surface area (Å²) in [6, 6.07) is 2.57. The van der Waals surface area contributed by atoms with Crippen LogP contribution in [-0.2, 0) is 0 Å². The highest BCUT2D eigenvalue weighted by Crippen LogP contribution is 2.28. The molecule has 2 aromatic heterocycles. The summed E-state index contributed by atoms with van der Waals surface area (Å²) in [5.74, 6) is -0.924. The van der Waals surface area contributed by atoms with Crippen molar-refractivity contribution in [1.82, 2.24) is 10.2 Å². The fourth-order valence-electron chi connectivity index (χ4n) is 0.963. The minimum Gasteiger partial charge on any atom is -0.398 e.